The van der Waals surface area contributed by atoms with Crippen molar-refractivity contribution in [1.82, 2.24) is 0 Å². The van der Waals surface area contributed by atoms with Gasteiger partial charge < -0.3 is 4.55 Å². The van der Waals surface area contributed by atoms with E-state index in [1.807, 2.05) is 0 Å². The molecule has 5 heteroatoms. The summed E-state index contributed by atoms with van der Waals surface area (Å²) in [6.45, 7) is 0. The van der Waals surface area contributed by atoms with E-state index in [9.17, 15) is 13.3 Å². The van der Waals surface area contributed by atoms with Crippen molar-refractivity contribution >= 4 is 12.0 Å². The summed E-state index contributed by atoms with van der Waals surface area (Å²) in [4.78, 5) is 0.0532. The topological polar surface area (TPSA) is 23.1 Å². The van der Waals surface area contributed by atoms with Crippen LogP contribution in [0.4, 0.5) is 8.78 Å². The van der Waals surface area contributed by atoms with Crippen LogP contribution in [0.15, 0.2) is 23.1 Å². The maximum Gasteiger partial charge on any atom is 1.00 e. The minimum absolute atomic E-state index is 0. The van der Waals surface area contributed by atoms with E-state index in [0.717, 1.165) is 18.2 Å². The van der Waals surface area contributed by atoms with Gasteiger partial charge >= 0.3 is 29.6 Å². The first kappa shape index (κ1) is 11.4. The minimum atomic E-state index is -0.724. The van der Waals surface area contributed by atoms with E-state index in [1.165, 1.54) is 0 Å². The van der Waals surface area contributed by atoms with E-state index in [-0.39, 0.29) is 46.5 Å². The molecule has 0 saturated heterocycles. The number of hydrogen-bond acceptors (Lipinski definition) is 2. The molecule has 0 heterocycles. The van der Waals surface area contributed by atoms with Crippen molar-refractivity contribution < 1.29 is 42.9 Å². The van der Waals surface area contributed by atoms with Gasteiger partial charge in [0.05, 0.1) is 0 Å². The quantitative estimate of drug-likeness (QED) is 0.421. The van der Waals surface area contributed by atoms with E-state index >= 15 is 0 Å². The van der Waals surface area contributed by atoms with Crippen LogP contribution < -0.4 is 29.6 Å². The van der Waals surface area contributed by atoms with Crippen LogP contribution in [0, 0.1) is 11.6 Å². The molecule has 0 unspecified atom stereocenters. The van der Waals surface area contributed by atoms with Gasteiger partial charge in [-0.25, -0.2) is 20.8 Å². The summed E-state index contributed by atoms with van der Waals surface area (Å²) in [5.74, 6) is -1.45. The Bertz CT molecular complexity index is 224. The molecular formula is C6H3F2NaOS. The van der Waals surface area contributed by atoms with Gasteiger partial charge in [-0.3, -0.25) is 0 Å². The molecule has 11 heavy (non-hydrogen) atoms. The minimum Gasteiger partial charge on any atom is -0.795 e. The standard InChI is InChI=1S/C6H4F2OS.Na/c7-4-1-5(8)3-6(2-4)10-9;/h1-3,9H;/q;+1/p-1. The summed E-state index contributed by atoms with van der Waals surface area (Å²) in [6, 6.07) is 2.70. The molecule has 0 spiro atoms. The van der Waals surface area contributed by atoms with E-state index in [1.54, 1.807) is 0 Å². The first-order valence-corrected chi connectivity index (χ1v) is 3.22. The van der Waals surface area contributed by atoms with Gasteiger partial charge in [-0.15, -0.1) is 0 Å². The number of hydrogen-bond donors (Lipinski definition) is 0. The molecule has 0 aromatic heterocycles. The molecule has 54 valence electrons. The Labute approximate surface area is 89.3 Å². The number of rotatable bonds is 1. The molecule has 0 saturated carbocycles. The van der Waals surface area contributed by atoms with Crippen LogP contribution in [0.1, 0.15) is 0 Å². The Morgan fingerprint density at radius 1 is 1.09 bits per heavy atom. The predicted octanol–water partition coefficient (Wildman–Crippen LogP) is -0.809. The van der Waals surface area contributed by atoms with E-state index in [4.69, 9.17) is 0 Å². The normalized spacial score (nSPS) is 9.00. The Balaban J connectivity index is 0.000001000. The zero-order valence-electron chi connectivity index (χ0n) is 5.80. The second-order valence-corrected chi connectivity index (χ2v) is 2.33. The van der Waals surface area contributed by atoms with Gasteiger partial charge in [0.15, 0.2) is 0 Å². The fourth-order valence-electron chi connectivity index (χ4n) is 0.577. The molecule has 0 fully saturated rings. The summed E-state index contributed by atoms with van der Waals surface area (Å²) < 4.78 is 34.5. The molecule has 0 bridgehead atoms. The Kier molecular flexibility index (Phi) is 5.29. The molecule has 0 atom stereocenters. The van der Waals surface area contributed by atoms with E-state index in [0.29, 0.717) is 0 Å². The van der Waals surface area contributed by atoms with Crippen LogP contribution in [0.25, 0.3) is 0 Å². The largest absolute Gasteiger partial charge is 1.00 e. The van der Waals surface area contributed by atoms with Gasteiger partial charge in [0.2, 0.25) is 0 Å². The van der Waals surface area contributed by atoms with Crippen molar-refractivity contribution in [1.29, 1.82) is 0 Å². The molecule has 1 rings (SSSR count). The van der Waals surface area contributed by atoms with Gasteiger partial charge in [0.1, 0.15) is 11.6 Å². The van der Waals surface area contributed by atoms with Crippen LogP contribution in [-0.2, 0) is 0 Å². The first-order valence-electron chi connectivity index (χ1n) is 2.48. The Morgan fingerprint density at radius 2 is 1.55 bits per heavy atom. The maximum atomic E-state index is 12.2. The number of halogens is 2. The molecule has 0 radical (unpaired) electrons. The van der Waals surface area contributed by atoms with Crippen LogP contribution >= 0.6 is 12.0 Å². The Morgan fingerprint density at radius 3 is 1.91 bits per heavy atom. The van der Waals surface area contributed by atoms with Crippen LogP contribution in [-0.4, -0.2) is 4.55 Å². The molecule has 0 aliphatic heterocycles. The van der Waals surface area contributed by atoms with Crippen molar-refractivity contribution in [2.24, 2.45) is 0 Å². The Hall–Kier alpha value is 0.390. The second kappa shape index (κ2) is 5.11. The third-order valence-corrected chi connectivity index (χ3v) is 1.36. The van der Waals surface area contributed by atoms with Crippen LogP contribution in [0.2, 0.25) is 0 Å². The van der Waals surface area contributed by atoms with E-state index in [2.05, 4.69) is 0 Å². The van der Waals surface area contributed by atoms with Crippen molar-refractivity contribution in [2.45, 2.75) is 4.90 Å². The molecule has 1 aromatic carbocycles. The third kappa shape index (κ3) is 3.53. The average molecular weight is 184 g/mol. The smallest absolute Gasteiger partial charge is 0.795 e. The van der Waals surface area contributed by atoms with Crippen molar-refractivity contribution in [3.63, 3.8) is 0 Å². The van der Waals surface area contributed by atoms with Crippen LogP contribution in [0.5, 0.6) is 0 Å². The fraction of sp³-hybridized carbons (Fsp3) is 0. The predicted molar refractivity (Wildman–Crippen MR) is 33.0 cm³/mol. The summed E-state index contributed by atoms with van der Waals surface area (Å²) in [6.07, 6.45) is 0. The molecule has 0 N–H and O–H groups in total. The summed E-state index contributed by atoms with van der Waals surface area (Å²) in [5, 5.41) is 0. The second-order valence-electron chi connectivity index (χ2n) is 1.69. The zero-order valence-corrected chi connectivity index (χ0v) is 8.62. The van der Waals surface area contributed by atoms with Crippen molar-refractivity contribution in [3.8, 4) is 0 Å². The molecular weight excluding hydrogens is 181 g/mol. The van der Waals surface area contributed by atoms with Crippen molar-refractivity contribution in [2.75, 3.05) is 0 Å². The van der Waals surface area contributed by atoms with Gasteiger partial charge in [-0.2, -0.15) is 0 Å². The van der Waals surface area contributed by atoms with Crippen LogP contribution in [0.3, 0.4) is 0 Å². The maximum absolute atomic E-state index is 12.2. The van der Waals surface area contributed by atoms with Gasteiger partial charge in [0, 0.05) is 6.07 Å². The summed E-state index contributed by atoms with van der Waals surface area (Å²) in [5.41, 5.74) is 0. The third-order valence-electron chi connectivity index (χ3n) is 0.932. The zero-order chi connectivity index (χ0) is 7.56. The monoisotopic (exact) mass is 184 g/mol. The molecule has 0 aliphatic rings. The van der Waals surface area contributed by atoms with Gasteiger partial charge in [-0.05, 0) is 17.0 Å². The first-order chi connectivity index (χ1) is 4.72. The van der Waals surface area contributed by atoms with Gasteiger partial charge in [0.25, 0.3) is 0 Å². The number of benzene rings is 1. The SMILES string of the molecule is [Na+].[O-]Sc1cc(F)cc(F)c1. The van der Waals surface area contributed by atoms with Gasteiger partial charge in [-0.1, -0.05) is 0 Å². The van der Waals surface area contributed by atoms with E-state index < -0.39 is 11.6 Å². The molecule has 0 aliphatic carbocycles. The fourth-order valence-corrected chi connectivity index (χ4v) is 0.898. The molecule has 1 aromatic rings. The molecule has 1 nitrogen and oxygen atoms in total. The summed E-state index contributed by atoms with van der Waals surface area (Å²) >= 11 is 0.0671. The average Bonchev–Trinajstić information content (AvgIpc) is 1.85. The van der Waals surface area contributed by atoms with Crippen molar-refractivity contribution in [3.05, 3.63) is 29.8 Å². The molecule has 0 amide bonds. The summed E-state index contributed by atoms with van der Waals surface area (Å²) in [7, 11) is 0.